The van der Waals surface area contributed by atoms with E-state index < -0.39 is 5.54 Å². The van der Waals surface area contributed by atoms with Crippen LogP contribution in [0.5, 0.6) is 0 Å². The van der Waals surface area contributed by atoms with Crippen LogP contribution in [0.3, 0.4) is 0 Å². The number of nitriles is 1. The molecule has 0 saturated carbocycles. The maximum atomic E-state index is 8.88. The van der Waals surface area contributed by atoms with Crippen molar-refractivity contribution in [3.05, 3.63) is 29.8 Å². The summed E-state index contributed by atoms with van der Waals surface area (Å²) in [6, 6.07) is 10.6. The Morgan fingerprint density at radius 1 is 1.32 bits per heavy atom. The summed E-state index contributed by atoms with van der Waals surface area (Å²) in [5.41, 5.74) is 7.76. The molecule has 1 rings (SSSR count). The van der Waals surface area contributed by atoms with E-state index in [1.54, 1.807) is 6.92 Å². The number of nitrogens with two attached hydrogens (primary N) is 1. The van der Waals surface area contributed by atoms with E-state index in [2.05, 4.69) is 49.1 Å². The van der Waals surface area contributed by atoms with Crippen LogP contribution in [-0.2, 0) is 0 Å². The van der Waals surface area contributed by atoms with Crippen LogP contribution in [0.4, 0.5) is 5.69 Å². The summed E-state index contributed by atoms with van der Waals surface area (Å²) in [5, 5.41) is 8.88. The molecular weight excluding hydrogens is 234 g/mol. The molecule has 0 radical (unpaired) electrons. The van der Waals surface area contributed by atoms with Crippen LogP contribution in [0.15, 0.2) is 24.3 Å². The predicted octanol–water partition coefficient (Wildman–Crippen LogP) is 3.23. The van der Waals surface area contributed by atoms with Gasteiger partial charge in [0.25, 0.3) is 0 Å². The summed E-state index contributed by atoms with van der Waals surface area (Å²) in [5.74, 6) is 0. The van der Waals surface area contributed by atoms with E-state index >= 15 is 0 Å². The summed E-state index contributed by atoms with van der Waals surface area (Å²) in [6.45, 7) is 8.14. The highest BCUT2D eigenvalue weighted by Gasteiger charge is 2.16. The second-order valence-electron chi connectivity index (χ2n) is 5.35. The number of hydrogen-bond acceptors (Lipinski definition) is 3. The minimum Gasteiger partial charge on any atom is -0.372 e. The third-order valence-corrected chi connectivity index (χ3v) is 3.47. The molecular formula is C16H25N3. The van der Waals surface area contributed by atoms with Gasteiger partial charge in [-0.15, -0.1) is 0 Å². The summed E-state index contributed by atoms with van der Waals surface area (Å²) in [6.07, 6.45) is 2.81. The molecule has 3 heteroatoms. The van der Waals surface area contributed by atoms with E-state index in [0.29, 0.717) is 0 Å². The Balaban J connectivity index is 2.47. The van der Waals surface area contributed by atoms with E-state index in [1.165, 1.54) is 11.3 Å². The van der Waals surface area contributed by atoms with E-state index in [4.69, 9.17) is 11.0 Å². The van der Waals surface area contributed by atoms with Crippen molar-refractivity contribution in [2.75, 3.05) is 18.0 Å². The van der Waals surface area contributed by atoms with Crippen LogP contribution < -0.4 is 10.6 Å². The van der Waals surface area contributed by atoms with E-state index in [-0.39, 0.29) is 0 Å². The van der Waals surface area contributed by atoms with Crippen LogP contribution in [0, 0.1) is 18.3 Å². The van der Waals surface area contributed by atoms with Gasteiger partial charge in [-0.3, -0.25) is 0 Å². The maximum Gasteiger partial charge on any atom is 0.101 e. The molecule has 0 fully saturated rings. The molecule has 1 unspecified atom stereocenters. The quantitative estimate of drug-likeness (QED) is 0.765. The predicted molar refractivity (Wildman–Crippen MR) is 81.1 cm³/mol. The average Bonchev–Trinajstić information content (AvgIpc) is 2.40. The number of aryl methyl sites for hydroxylation is 1. The minimum atomic E-state index is -0.681. The van der Waals surface area contributed by atoms with Crippen LogP contribution in [0.2, 0.25) is 0 Å². The first-order chi connectivity index (χ1) is 9.00. The van der Waals surface area contributed by atoms with E-state index in [9.17, 15) is 0 Å². The molecule has 0 amide bonds. The van der Waals surface area contributed by atoms with Gasteiger partial charge in [-0.2, -0.15) is 5.26 Å². The zero-order valence-corrected chi connectivity index (χ0v) is 12.3. The molecule has 1 aromatic carbocycles. The Hall–Kier alpha value is -1.53. The topological polar surface area (TPSA) is 53.0 Å². The zero-order chi connectivity index (χ0) is 14.3. The largest absolute Gasteiger partial charge is 0.372 e. The Bertz CT molecular complexity index is 432. The van der Waals surface area contributed by atoms with Gasteiger partial charge in [-0.25, -0.2) is 0 Å². The van der Waals surface area contributed by atoms with E-state index in [0.717, 1.165) is 32.4 Å². The fourth-order valence-electron chi connectivity index (χ4n) is 2.22. The number of rotatable bonds is 7. The highest BCUT2D eigenvalue weighted by molar-refractivity contribution is 5.52. The highest BCUT2D eigenvalue weighted by Crippen LogP contribution is 2.20. The van der Waals surface area contributed by atoms with Crippen molar-refractivity contribution in [1.82, 2.24) is 0 Å². The fourth-order valence-corrected chi connectivity index (χ4v) is 2.22. The molecule has 0 bridgehead atoms. The van der Waals surface area contributed by atoms with Gasteiger partial charge in [0, 0.05) is 18.8 Å². The Morgan fingerprint density at radius 2 is 2.00 bits per heavy atom. The van der Waals surface area contributed by atoms with Gasteiger partial charge in [-0.1, -0.05) is 18.2 Å². The lowest BCUT2D eigenvalue weighted by molar-refractivity contribution is 0.507. The molecule has 0 aliphatic heterocycles. The first-order valence-electron chi connectivity index (χ1n) is 7.01. The normalized spacial score (nSPS) is 13.6. The molecule has 19 heavy (non-hydrogen) atoms. The number of unbranched alkanes of at least 4 members (excludes halogenated alkanes) is 1. The summed E-state index contributed by atoms with van der Waals surface area (Å²) in [4.78, 5) is 2.38. The second-order valence-corrected chi connectivity index (χ2v) is 5.35. The lowest BCUT2D eigenvalue weighted by Crippen LogP contribution is -2.34. The maximum absolute atomic E-state index is 8.88. The number of benzene rings is 1. The molecule has 3 nitrogen and oxygen atoms in total. The molecule has 104 valence electrons. The minimum absolute atomic E-state index is 0.681. The Kier molecular flexibility index (Phi) is 5.85. The first-order valence-corrected chi connectivity index (χ1v) is 7.01. The Morgan fingerprint density at radius 3 is 2.58 bits per heavy atom. The van der Waals surface area contributed by atoms with Crippen molar-refractivity contribution in [2.24, 2.45) is 5.73 Å². The van der Waals surface area contributed by atoms with Gasteiger partial charge < -0.3 is 10.6 Å². The van der Waals surface area contributed by atoms with Gasteiger partial charge in [-0.05, 0) is 51.7 Å². The molecule has 0 saturated heterocycles. The van der Waals surface area contributed by atoms with Crippen LogP contribution in [0.25, 0.3) is 0 Å². The standard InChI is InChI=1S/C16H25N3/c1-4-19(15-10-6-5-9-14(15)2)12-8-7-11-16(3,18)13-17/h5-6,9-10H,4,7-8,11-12,18H2,1-3H3. The summed E-state index contributed by atoms with van der Waals surface area (Å²) < 4.78 is 0. The van der Waals surface area contributed by atoms with Crippen LogP contribution >= 0.6 is 0 Å². The lowest BCUT2D eigenvalue weighted by atomic mass is 9.98. The zero-order valence-electron chi connectivity index (χ0n) is 12.3. The molecule has 0 aliphatic rings. The molecule has 1 atom stereocenters. The van der Waals surface area contributed by atoms with Crippen molar-refractivity contribution in [3.8, 4) is 6.07 Å². The Labute approximate surface area is 117 Å². The fraction of sp³-hybridized carbons (Fsp3) is 0.562. The van der Waals surface area contributed by atoms with Gasteiger partial charge in [0.2, 0.25) is 0 Å². The number of hydrogen-bond donors (Lipinski definition) is 1. The molecule has 1 aromatic rings. The van der Waals surface area contributed by atoms with Crippen molar-refractivity contribution in [2.45, 2.75) is 45.6 Å². The van der Waals surface area contributed by atoms with Gasteiger partial charge >= 0.3 is 0 Å². The molecule has 0 aromatic heterocycles. The monoisotopic (exact) mass is 259 g/mol. The number of anilines is 1. The van der Waals surface area contributed by atoms with Crippen molar-refractivity contribution >= 4 is 5.69 Å². The smallest absolute Gasteiger partial charge is 0.101 e. The van der Waals surface area contributed by atoms with Crippen molar-refractivity contribution < 1.29 is 0 Å². The molecule has 0 heterocycles. The highest BCUT2D eigenvalue weighted by atomic mass is 15.1. The van der Waals surface area contributed by atoms with Gasteiger partial charge in [0.15, 0.2) is 0 Å². The van der Waals surface area contributed by atoms with Gasteiger partial charge in [0.05, 0.1) is 6.07 Å². The van der Waals surface area contributed by atoms with Crippen molar-refractivity contribution in [3.63, 3.8) is 0 Å². The molecule has 0 aliphatic carbocycles. The van der Waals surface area contributed by atoms with Gasteiger partial charge in [0.1, 0.15) is 5.54 Å². The summed E-state index contributed by atoms with van der Waals surface area (Å²) >= 11 is 0. The molecule has 2 N–H and O–H groups in total. The van der Waals surface area contributed by atoms with Crippen molar-refractivity contribution in [1.29, 1.82) is 5.26 Å². The molecule has 0 spiro atoms. The first kappa shape index (κ1) is 15.5. The van der Waals surface area contributed by atoms with Crippen LogP contribution in [-0.4, -0.2) is 18.6 Å². The third-order valence-electron chi connectivity index (χ3n) is 3.47. The van der Waals surface area contributed by atoms with E-state index in [1.807, 2.05) is 0 Å². The SMILES string of the molecule is CCN(CCCCC(C)(N)C#N)c1ccccc1C. The third kappa shape index (κ3) is 4.92. The van der Waals surface area contributed by atoms with Crippen LogP contribution in [0.1, 0.15) is 38.7 Å². The second kappa shape index (κ2) is 7.16. The summed E-state index contributed by atoms with van der Waals surface area (Å²) in [7, 11) is 0. The number of para-hydroxylation sites is 1. The average molecular weight is 259 g/mol. The number of nitrogens with zero attached hydrogens (tertiary/aromatic N) is 2. The lowest BCUT2D eigenvalue weighted by Gasteiger charge is -2.25.